The third-order valence-corrected chi connectivity index (χ3v) is 4.49. The summed E-state index contributed by atoms with van der Waals surface area (Å²) in [6.45, 7) is 1.52. The maximum absolute atomic E-state index is 12.2. The lowest BCUT2D eigenvalue weighted by molar-refractivity contribution is -0.140. The zero-order chi connectivity index (χ0) is 18.5. The average molecular weight is 362 g/mol. The number of carbonyl (C=O) groups is 3. The van der Waals surface area contributed by atoms with Crippen LogP contribution in [0.1, 0.15) is 36.0 Å². The first-order valence-corrected chi connectivity index (χ1v) is 8.71. The molecular formula is C18H22N2O6. The van der Waals surface area contributed by atoms with Crippen LogP contribution < -0.4 is 20.1 Å². The lowest BCUT2D eigenvalue weighted by Crippen LogP contribution is -2.34. The van der Waals surface area contributed by atoms with Crippen molar-refractivity contribution in [3.8, 4) is 11.5 Å². The zero-order valence-electron chi connectivity index (χ0n) is 14.6. The minimum atomic E-state index is -0.766. The lowest BCUT2D eigenvalue weighted by atomic mass is 10.2. The molecule has 2 fully saturated rings. The molecular weight excluding hydrogens is 340 g/mol. The summed E-state index contributed by atoms with van der Waals surface area (Å²) in [5.74, 6) is -1.31. The summed E-state index contributed by atoms with van der Waals surface area (Å²) in [7, 11) is 1.41. The number of esters is 3. The van der Waals surface area contributed by atoms with Crippen molar-refractivity contribution in [1.82, 2.24) is 10.6 Å². The average Bonchev–Trinajstić information content (AvgIpc) is 3.35. The normalized spacial score (nSPS) is 22.0. The second kappa shape index (κ2) is 8.29. The van der Waals surface area contributed by atoms with Gasteiger partial charge in [0.2, 0.25) is 0 Å². The van der Waals surface area contributed by atoms with Gasteiger partial charge in [-0.05, 0) is 57.0 Å². The summed E-state index contributed by atoms with van der Waals surface area (Å²) in [5, 5.41) is 6.04. The monoisotopic (exact) mass is 362 g/mol. The highest BCUT2D eigenvalue weighted by Crippen LogP contribution is 2.29. The van der Waals surface area contributed by atoms with E-state index < -0.39 is 23.9 Å². The zero-order valence-corrected chi connectivity index (χ0v) is 14.6. The summed E-state index contributed by atoms with van der Waals surface area (Å²) < 4.78 is 15.5. The van der Waals surface area contributed by atoms with Gasteiger partial charge in [0.05, 0.1) is 12.7 Å². The molecule has 2 atom stereocenters. The molecule has 0 unspecified atom stereocenters. The van der Waals surface area contributed by atoms with Crippen molar-refractivity contribution >= 4 is 17.9 Å². The Balaban J connectivity index is 1.66. The van der Waals surface area contributed by atoms with Crippen molar-refractivity contribution in [3.05, 3.63) is 23.8 Å². The van der Waals surface area contributed by atoms with Gasteiger partial charge in [-0.3, -0.25) is 0 Å². The molecule has 0 spiro atoms. The van der Waals surface area contributed by atoms with Crippen molar-refractivity contribution in [1.29, 1.82) is 0 Å². The number of methoxy groups -OCH3 is 1. The Morgan fingerprint density at radius 3 is 2.19 bits per heavy atom. The Hall–Kier alpha value is -2.45. The smallest absolute Gasteiger partial charge is 0.345 e. The fraction of sp³-hybridized carbons (Fsp3) is 0.500. The first kappa shape index (κ1) is 18.3. The van der Waals surface area contributed by atoms with E-state index in [2.05, 4.69) is 10.6 Å². The van der Waals surface area contributed by atoms with Gasteiger partial charge < -0.3 is 24.8 Å². The Bertz CT molecular complexity index is 693. The van der Waals surface area contributed by atoms with Gasteiger partial charge in [0.1, 0.15) is 12.1 Å². The first-order valence-electron chi connectivity index (χ1n) is 8.71. The predicted octanol–water partition coefficient (Wildman–Crippen LogP) is 0.788. The Morgan fingerprint density at radius 2 is 1.62 bits per heavy atom. The molecule has 2 saturated heterocycles. The number of nitrogens with one attached hydrogen (secondary N) is 2. The first-order chi connectivity index (χ1) is 12.6. The van der Waals surface area contributed by atoms with E-state index in [0.29, 0.717) is 6.42 Å². The van der Waals surface area contributed by atoms with E-state index in [1.54, 1.807) is 0 Å². The van der Waals surface area contributed by atoms with Crippen LogP contribution in [0.25, 0.3) is 0 Å². The van der Waals surface area contributed by atoms with E-state index in [9.17, 15) is 14.4 Å². The van der Waals surface area contributed by atoms with Crippen LogP contribution in [0.2, 0.25) is 0 Å². The molecule has 2 N–H and O–H groups in total. The van der Waals surface area contributed by atoms with Gasteiger partial charge in [0.15, 0.2) is 11.5 Å². The van der Waals surface area contributed by atoms with E-state index in [1.807, 2.05) is 0 Å². The highest BCUT2D eigenvalue weighted by molar-refractivity contribution is 5.98. The highest BCUT2D eigenvalue weighted by Gasteiger charge is 2.27. The van der Waals surface area contributed by atoms with E-state index in [1.165, 1.54) is 25.3 Å². The molecule has 2 aliphatic heterocycles. The molecule has 0 radical (unpaired) electrons. The lowest BCUT2D eigenvalue weighted by Gasteiger charge is -2.14. The summed E-state index contributed by atoms with van der Waals surface area (Å²) >= 11 is 0. The second-order valence-electron chi connectivity index (χ2n) is 6.29. The summed E-state index contributed by atoms with van der Waals surface area (Å²) in [6.07, 6.45) is 3.17. The quantitative estimate of drug-likeness (QED) is 0.450. The maximum atomic E-state index is 12.2. The van der Waals surface area contributed by atoms with E-state index in [0.717, 1.165) is 32.4 Å². The van der Waals surface area contributed by atoms with Gasteiger partial charge in [-0.25, -0.2) is 14.4 Å². The van der Waals surface area contributed by atoms with Crippen LogP contribution in [-0.2, 0) is 14.3 Å². The Kier molecular flexibility index (Phi) is 5.85. The highest BCUT2D eigenvalue weighted by atomic mass is 16.6. The molecule has 0 aromatic heterocycles. The number of rotatable bonds is 5. The number of carbonyl (C=O) groups excluding carboxylic acids is 3. The van der Waals surface area contributed by atoms with Crippen molar-refractivity contribution < 1.29 is 28.6 Å². The molecule has 0 aliphatic carbocycles. The summed E-state index contributed by atoms with van der Waals surface area (Å²) in [4.78, 5) is 36.2. The number of hydrogen-bond acceptors (Lipinski definition) is 8. The predicted molar refractivity (Wildman–Crippen MR) is 91.1 cm³/mol. The van der Waals surface area contributed by atoms with E-state index in [4.69, 9.17) is 14.2 Å². The Labute approximate surface area is 151 Å². The summed E-state index contributed by atoms with van der Waals surface area (Å²) in [5.41, 5.74) is 0.145. The number of ether oxygens (including phenoxy) is 3. The van der Waals surface area contributed by atoms with Crippen molar-refractivity contribution in [2.45, 2.75) is 37.8 Å². The second-order valence-corrected chi connectivity index (χ2v) is 6.29. The molecule has 8 heteroatoms. The molecule has 8 nitrogen and oxygen atoms in total. The molecule has 2 heterocycles. The minimum absolute atomic E-state index is 0.145. The van der Waals surface area contributed by atoms with E-state index in [-0.39, 0.29) is 23.1 Å². The molecule has 140 valence electrons. The molecule has 2 aliphatic rings. The Morgan fingerprint density at radius 1 is 0.962 bits per heavy atom. The number of benzene rings is 1. The number of hydrogen-bond donors (Lipinski definition) is 2. The van der Waals surface area contributed by atoms with Gasteiger partial charge in [0, 0.05) is 0 Å². The largest absolute Gasteiger partial charge is 0.493 e. The van der Waals surface area contributed by atoms with Crippen molar-refractivity contribution in [2.75, 3.05) is 20.2 Å². The van der Waals surface area contributed by atoms with E-state index >= 15 is 0 Å². The van der Waals surface area contributed by atoms with Crippen LogP contribution in [0.4, 0.5) is 0 Å². The standard InChI is InChI=1S/C18H22N2O6/c1-24-15-10-11(16(21)26-18(23)13-5-3-9-20-13)6-7-14(15)25-17(22)12-4-2-8-19-12/h6-7,10,12-13,19-20H,2-5,8-9H2,1H3/t12-,13-/m0/s1. The van der Waals surface area contributed by atoms with Gasteiger partial charge in [-0.2, -0.15) is 0 Å². The molecule has 0 bridgehead atoms. The van der Waals surface area contributed by atoms with Crippen LogP contribution in [0, 0.1) is 0 Å². The van der Waals surface area contributed by atoms with Crippen LogP contribution in [0.15, 0.2) is 18.2 Å². The van der Waals surface area contributed by atoms with Gasteiger partial charge in [-0.15, -0.1) is 0 Å². The summed E-state index contributed by atoms with van der Waals surface area (Å²) in [6, 6.07) is 3.51. The molecule has 1 aromatic carbocycles. The van der Waals surface area contributed by atoms with Gasteiger partial charge >= 0.3 is 17.9 Å². The SMILES string of the molecule is COc1cc(C(=O)OC(=O)[C@@H]2CCCN2)ccc1OC(=O)[C@@H]1CCCN1. The van der Waals surface area contributed by atoms with Crippen LogP contribution in [-0.4, -0.2) is 50.2 Å². The van der Waals surface area contributed by atoms with Crippen LogP contribution >= 0.6 is 0 Å². The van der Waals surface area contributed by atoms with Crippen LogP contribution in [0.5, 0.6) is 11.5 Å². The fourth-order valence-electron chi connectivity index (χ4n) is 3.05. The molecule has 26 heavy (non-hydrogen) atoms. The van der Waals surface area contributed by atoms with Gasteiger partial charge in [-0.1, -0.05) is 0 Å². The van der Waals surface area contributed by atoms with Crippen molar-refractivity contribution in [3.63, 3.8) is 0 Å². The van der Waals surface area contributed by atoms with Gasteiger partial charge in [0.25, 0.3) is 0 Å². The third kappa shape index (κ3) is 4.20. The topological polar surface area (TPSA) is 103 Å². The fourth-order valence-corrected chi connectivity index (χ4v) is 3.05. The third-order valence-electron chi connectivity index (χ3n) is 4.49. The molecule has 0 saturated carbocycles. The minimum Gasteiger partial charge on any atom is -0.493 e. The molecule has 1 aromatic rings. The maximum Gasteiger partial charge on any atom is 0.345 e. The molecule has 0 amide bonds. The van der Waals surface area contributed by atoms with Crippen LogP contribution in [0.3, 0.4) is 0 Å². The molecule has 3 rings (SSSR count). The van der Waals surface area contributed by atoms with Crippen molar-refractivity contribution in [2.24, 2.45) is 0 Å².